The van der Waals surface area contributed by atoms with Crippen molar-refractivity contribution in [1.82, 2.24) is 0 Å². The molecule has 0 saturated heterocycles. The minimum absolute atomic E-state index is 0.730. The Bertz CT molecular complexity index is 494. The Labute approximate surface area is 135 Å². The lowest BCUT2D eigenvalue weighted by molar-refractivity contribution is 0.448. The summed E-state index contributed by atoms with van der Waals surface area (Å²) in [4.78, 5) is 0. The van der Waals surface area contributed by atoms with Gasteiger partial charge in [0.25, 0.3) is 0 Å². The summed E-state index contributed by atoms with van der Waals surface area (Å²) < 4.78 is 0. The Hall–Kier alpha value is -1.01. The molecule has 0 aliphatic carbocycles. The van der Waals surface area contributed by atoms with Crippen molar-refractivity contribution in [2.45, 2.75) is 53.9 Å². The Morgan fingerprint density at radius 3 is 2.38 bits per heavy atom. The molecule has 0 heterocycles. The zero-order valence-electron chi connectivity index (χ0n) is 14.1. The number of hydrogen-bond donors (Lipinski definition) is 0. The van der Waals surface area contributed by atoms with E-state index < -0.39 is 0 Å². The number of rotatable bonds is 7. The van der Waals surface area contributed by atoms with Gasteiger partial charge in [-0.05, 0) is 48.8 Å². The van der Waals surface area contributed by atoms with Gasteiger partial charge in [0.15, 0.2) is 0 Å². The van der Waals surface area contributed by atoms with E-state index in [1.54, 1.807) is 0 Å². The zero-order chi connectivity index (χ0) is 15.8. The second-order valence-electron chi connectivity index (χ2n) is 6.32. The molecule has 0 saturated carbocycles. The summed E-state index contributed by atoms with van der Waals surface area (Å²) in [5.74, 6) is 1.52. The number of halogens is 1. The van der Waals surface area contributed by atoms with E-state index in [0.29, 0.717) is 0 Å². The molecule has 0 aliphatic heterocycles. The number of hydrogen-bond acceptors (Lipinski definition) is 0. The van der Waals surface area contributed by atoms with E-state index in [2.05, 4.69) is 51.1 Å². The highest BCUT2D eigenvalue weighted by Gasteiger charge is 2.08. The van der Waals surface area contributed by atoms with Crippen molar-refractivity contribution in [2.24, 2.45) is 11.8 Å². The average molecular weight is 305 g/mol. The van der Waals surface area contributed by atoms with Crippen LogP contribution in [0.2, 0.25) is 0 Å². The fourth-order valence-corrected chi connectivity index (χ4v) is 2.80. The van der Waals surface area contributed by atoms with Crippen molar-refractivity contribution >= 4 is 17.2 Å². The van der Waals surface area contributed by atoms with Gasteiger partial charge in [0.1, 0.15) is 0 Å². The van der Waals surface area contributed by atoms with Gasteiger partial charge in [-0.25, -0.2) is 0 Å². The van der Waals surface area contributed by atoms with Gasteiger partial charge in [-0.2, -0.15) is 0 Å². The molecule has 0 aliphatic rings. The van der Waals surface area contributed by atoms with Gasteiger partial charge < -0.3 is 0 Å². The maximum absolute atomic E-state index is 6.30. The SMILES string of the molecule is C/C=C(\C(Cl)=C/C)c1cccc(CC(C)CCC(C)C)c1. The molecule has 1 atom stereocenters. The third kappa shape index (κ3) is 6.09. The van der Waals surface area contributed by atoms with Crippen molar-refractivity contribution in [2.75, 3.05) is 0 Å². The van der Waals surface area contributed by atoms with Gasteiger partial charge in [0.05, 0.1) is 0 Å². The molecule has 1 heteroatoms. The summed E-state index contributed by atoms with van der Waals surface area (Å²) in [6, 6.07) is 8.80. The van der Waals surface area contributed by atoms with Crippen LogP contribution in [0.25, 0.3) is 5.57 Å². The molecule has 1 aromatic carbocycles. The first-order chi connectivity index (χ1) is 9.97. The van der Waals surface area contributed by atoms with E-state index in [-0.39, 0.29) is 0 Å². The predicted molar refractivity (Wildman–Crippen MR) is 96.6 cm³/mol. The first kappa shape index (κ1) is 18.0. The summed E-state index contributed by atoms with van der Waals surface area (Å²) >= 11 is 6.30. The van der Waals surface area contributed by atoms with Crippen LogP contribution in [-0.2, 0) is 6.42 Å². The van der Waals surface area contributed by atoms with Crippen LogP contribution in [0, 0.1) is 11.8 Å². The molecule has 0 N–H and O–H groups in total. The largest absolute Gasteiger partial charge is 0.0840 e. The van der Waals surface area contributed by atoms with Crippen LogP contribution in [0.1, 0.15) is 58.6 Å². The molecule has 0 nitrogen and oxygen atoms in total. The van der Waals surface area contributed by atoms with Crippen molar-refractivity contribution in [3.63, 3.8) is 0 Å². The van der Waals surface area contributed by atoms with Crippen molar-refractivity contribution in [1.29, 1.82) is 0 Å². The fraction of sp³-hybridized carbons (Fsp3) is 0.500. The monoisotopic (exact) mass is 304 g/mol. The molecule has 116 valence electrons. The number of benzene rings is 1. The second kappa shape index (κ2) is 9.10. The van der Waals surface area contributed by atoms with Crippen LogP contribution in [0.4, 0.5) is 0 Å². The van der Waals surface area contributed by atoms with Crippen molar-refractivity contribution in [3.05, 3.63) is 52.6 Å². The average Bonchev–Trinajstić information content (AvgIpc) is 2.46. The highest BCUT2D eigenvalue weighted by Crippen LogP contribution is 2.27. The summed E-state index contributed by atoms with van der Waals surface area (Å²) in [5, 5.41) is 0.822. The highest BCUT2D eigenvalue weighted by atomic mass is 35.5. The first-order valence-electron chi connectivity index (χ1n) is 8.05. The van der Waals surface area contributed by atoms with Crippen molar-refractivity contribution < 1.29 is 0 Å². The zero-order valence-corrected chi connectivity index (χ0v) is 14.9. The van der Waals surface area contributed by atoms with Gasteiger partial charge in [-0.15, -0.1) is 0 Å². The minimum atomic E-state index is 0.730. The first-order valence-corrected chi connectivity index (χ1v) is 8.43. The van der Waals surface area contributed by atoms with Crippen LogP contribution in [0.3, 0.4) is 0 Å². The molecule has 0 aromatic heterocycles. The van der Waals surface area contributed by atoms with Gasteiger partial charge in [0.2, 0.25) is 0 Å². The number of allylic oxidation sites excluding steroid dienone is 4. The lowest BCUT2D eigenvalue weighted by atomic mass is 9.92. The standard InChI is InChI=1S/C20H29Cl/c1-6-19(20(21)7-2)18-10-8-9-17(14-18)13-16(5)12-11-15(3)4/h6-10,14-16H,11-13H2,1-5H3/b19-6-,20-7+. The minimum Gasteiger partial charge on any atom is -0.0840 e. The summed E-state index contributed by atoms with van der Waals surface area (Å²) in [6.45, 7) is 11.0. The van der Waals surface area contributed by atoms with Gasteiger partial charge in [0, 0.05) is 5.03 Å². The van der Waals surface area contributed by atoms with Gasteiger partial charge >= 0.3 is 0 Å². The quantitative estimate of drug-likeness (QED) is 0.483. The normalized spacial score (nSPS) is 14.6. The lowest BCUT2D eigenvalue weighted by Gasteiger charge is -2.14. The molecule has 1 rings (SSSR count). The van der Waals surface area contributed by atoms with Gasteiger partial charge in [-0.3, -0.25) is 0 Å². The van der Waals surface area contributed by atoms with E-state index in [0.717, 1.165) is 28.9 Å². The van der Waals surface area contributed by atoms with E-state index in [4.69, 9.17) is 11.6 Å². The van der Waals surface area contributed by atoms with Crippen LogP contribution < -0.4 is 0 Å². The molecule has 0 fully saturated rings. The third-order valence-corrected chi connectivity index (χ3v) is 4.28. The maximum atomic E-state index is 6.30. The summed E-state index contributed by atoms with van der Waals surface area (Å²) in [5.41, 5.74) is 3.74. The maximum Gasteiger partial charge on any atom is 0.0438 e. The molecular weight excluding hydrogens is 276 g/mol. The van der Waals surface area contributed by atoms with Crippen LogP contribution in [0.15, 0.2) is 41.4 Å². The molecule has 1 unspecified atom stereocenters. The predicted octanol–water partition coefficient (Wildman–Crippen LogP) is 6.85. The molecule has 0 spiro atoms. The lowest BCUT2D eigenvalue weighted by Crippen LogP contribution is -2.02. The summed E-state index contributed by atoms with van der Waals surface area (Å²) in [6.07, 6.45) is 7.79. The van der Waals surface area contributed by atoms with E-state index in [1.807, 2.05) is 19.9 Å². The third-order valence-electron chi connectivity index (χ3n) is 3.86. The Morgan fingerprint density at radius 2 is 1.81 bits per heavy atom. The second-order valence-corrected chi connectivity index (χ2v) is 6.73. The molecule has 0 amide bonds. The molecular formula is C20H29Cl. The van der Waals surface area contributed by atoms with E-state index in [1.165, 1.54) is 24.0 Å². The smallest absolute Gasteiger partial charge is 0.0438 e. The van der Waals surface area contributed by atoms with Crippen LogP contribution in [-0.4, -0.2) is 0 Å². The van der Waals surface area contributed by atoms with E-state index in [9.17, 15) is 0 Å². The Kier molecular flexibility index (Phi) is 7.82. The van der Waals surface area contributed by atoms with Crippen molar-refractivity contribution in [3.8, 4) is 0 Å². The molecule has 0 bridgehead atoms. The van der Waals surface area contributed by atoms with Crippen LogP contribution >= 0.6 is 11.6 Å². The molecule has 1 aromatic rings. The fourth-order valence-electron chi connectivity index (χ4n) is 2.59. The van der Waals surface area contributed by atoms with Crippen LogP contribution in [0.5, 0.6) is 0 Å². The topological polar surface area (TPSA) is 0 Å². The molecule has 0 radical (unpaired) electrons. The Morgan fingerprint density at radius 1 is 1.10 bits per heavy atom. The highest BCUT2D eigenvalue weighted by molar-refractivity contribution is 6.36. The summed E-state index contributed by atoms with van der Waals surface area (Å²) in [7, 11) is 0. The van der Waals surface area contributed by atoms with Gasteiger partial charge in [-0.1, -0.05) is 81.6 Å². The molecule has 21 heavy (non-hydrogen) atoms. The Balaban J connectivity index is 2.81. The van der Waals surface area contributed by atoms with E-state index >= 15 is 0 Å².